The lowest BCUT2D eigenvalue weighted by Crippen LogP contribution is -3.00. The van der Waals surface area contributed by atoms with Gasteiger partial charge in [-0.15, -0.1) is 0 Å². The van der Waals surface area contributed by atoms with Crippen molar-refractivity contribution in [2.75, 3.05) is 37.9 Å². The van der Waals surface area contributed by atoms with Gasteiger partial charge in [-0.25, -0.2) is 9.59 Å². The highest BCUT2D eigenvalue weighted by molar-refractivity contribution is 7.76. The number of nitro benzene ring substituents is 1. The Morgan fingerprint density at radius 1 is 0.902 bits per heavy atom. The van der Waals surface area contributed by atoms with Gasteiger partial charge in [0, 0.05) is 25.1 Å². The van der Waals surface area contributed by atoms with Crippen LogP contribution >= 0.6 is 7.26 Å². The molecule has 1 aromatic carbocycles. The molecule has 0 saturated carbocycles. The van der Waals surface area contributed by atoms with Gasteiger partial charge in [0.2, 0.25) is 0 Å². The van der Waals surface area contributed by atoms with Crippen LogP contribution in [0.25, 0.3) is 0 Å². The van der Waals surface area contributed by atoms with E-state index in [2.05, 4.69) is 26.1 Å². The number of halogens is 1. The van der Waals surface area contributed by atoms with Crippen LogP contribution in [0, 0.1) is 10.1 Å². The van der Waals surface area contributed by atoms with Gasteiger partial charge in [-0.3, -0.25) is 10.1 Å². The van der Waals surface area contributed by atoms with Gasteiger partial charge in [0.1, 0.15) is 0 Å². The molecule has 8 nitrogen and oxygen atoms in total. The van der Waals surface area contributed by atoms with Crippen LogP contribution in [-0.4, -0.2) is 54.7 Å². The molecule has 0 aromatic heterocycles. The molecule has 0 fully saturated rings. The molecule has 1 aliphatic rings. The minimum absolute atomic E-state index is 0. The summed E-state index contributed by atoms with van der Waals surface area (Å²) in [7, 11) is -1.51. The molecule has 0 spiro atoms. The number of allylic oxidation sites excluding steroid dienone is 2. The molecule has 2 rings (SSSR count). The Balaban J connectivity index is 0.00000840. The molecule has 0 bridgehead atoms. The van der Waals surface area contributed by atoms with E-state index in [0.29, 0.717) is 16.8 Å². The Bertz CT molecular complexity index is 1080. The maximum atomic E-state index is 13.8. The van der Waals surface area contributed by atoms with Crippen LogP contribution in [0.1, 0.15) is 91.5 Å². The van der Waals surface area contributed by atoms with E-state index in [-0.39, 0.29) is 36.9 Å². The second kappa shape index (κ2) is 18.2. The fourth-order valence-electron chi connectivity index (χ4n) is 5.49. The van der Waals surface area contributed by atoms with Crippen molar-refractivity contribution in [3.05, 3.63) is 62.5 Å². The lowest BCUT2D eigenvalue weighted by atomic mass is 9.80. The minimum Gasteiger partial charge on any atom is -1.00 e. The van der Waals surface area contributed by atoms with Crippen LogP contribution in [-0.2, 0) is 19.1 Å². The zero-order valence-corrected chi connectivity index (χ0v) is 27.2. The Morgan fingerprint density at radius 2 is 1.41 bits per heavy atom. The predicted octanol–water partition coefficient (Wildman–Crippen LogP) is 4.36. The number of dihydropyridines is 1. The Morgan fingerprint density at radius 3 is 1.88 bits per heavy atom. The highest BCUT2D eigenvalue weighted by Crippen LogP contribution is 2.62. The van der Waals surface area contributed by atoms with Crippen LogP contribution in [0.4, 0.5) is 5.69 Å². The number of carbonyl (C=O) groups is 2. The molecule has 1 heterocycles. The van der Waals surface area contributed by atoms with Gasteiger partial charge >= 0.3 is 11.9 Å². The third-order valence-corrected chi connectivity index (χ3v) is 12.3. The number of rotatable bonds is 17. The summed E-state index contributed by atoms with van der Waals surface area (Å²) < 4.78 is 11.0. The molecule has 230 valence electrons. The summed E-state index contributed by atoms with van der Waals surface area (Å²) in [5, 5.41) is 15.1. The van der Waals surface area contributed by atoms with E-state index < -0.39 is 30.0 Å². The first-order valence-electron chi connectivity index (χ1n) is 14.8. The van der Waals surface area contributed by atoms with Crippen LogP contribution < -0.4 is 17.7 Å². The summed E-state index contributed by atoms with van der Waals surface area (Å²) in [4.78, 5) is 38.3. The predicted molar refractivity (Wildman–Crippen MR) is 163 cm³/mol. The molecule has 0 saturated heterocycles. The molecule has 0 aliphatic carbocycles. The van der Waals surface area contributed by atoms with E-state index in [1.54, 1.807) is 26.0 Å². The Labute approximate surface area is 252 Å². The molecular weight excluding hydrogens is 563 g/mol. The van der Waals surface area contributed by atoms with Crippen molar-refractivity contribution in [1.29, 1.82) is 0 Å². The van der Waals surface area contributed by atoms with E-state index in [9.17, 15) is 19.7 Å². The second-order valence-electron chi connectivity index (χ2n) is 10.5. The smallest absolute Gasteiger partial charge is 0.336 e. The van der Waals surface area contributed by atoms with Gasteiger partial charge in [-0.1, -0.05) is 52.2 Å². The van der Waals surface area contributed by atoms with E-state index in [0.717, 1.165) is 68.9 Å². The molecular formula is C31H48ClN2O6P. The summed E-state index contributed by atoms with van der Waals surface area (Å²) in [6.07, 6.45) is 11.0. The first-order chi connectivity index (χ1) is 19.2. The van der Waals surface area contributed by atoms with Crippen molar-refractivity contribution in [3.63, 3.8) is 0 Å². The van der Waals surface area contributed by atoms with Gasteiger partial charge in [0.25, 0.3) is 5.69 Å². The number of benzene rings is 1. The zero-order chi connectivity index (χ0) is 29.7. The molecule has 1 aliphatic heterocycles. The van der Waals surface area contributed by atoms with Crippen LogP contribution in [0.15, 0.2) is 46.8 Å². The monoisotopic (exact) mass is 610 g/mol. The van der Waals surface area contributed by atoms with Gasteiger partial charge in [0.05, 0.1) is 65.5 Å². The first kappa shape index (κ1) is 36.6. The molecule has 41 heavy (non-hydrogen) atoms. The summed E-state index contributed by atoms with van der Waals surface area (Å²) in [6.45, 7) is 12.3. The molecule has 1 unspecified atom stereocenters. The van der Waals surface area contributed by atoms with Crippen LogP contribution in [0.2, 0.25) is 0 Å². The number of hydrogen-bond acceptors (Lipinski definition) is 7. The van der Waals surface area contributed by atoms with E-state index in [1.165, 1.54) is 12.1 Å². The average Bonchev–Trinajstić information content (AvgIpc) is 2.93. The molecule has 0 radical (unpaired) electrons. The number of ether oxygens (including phenoxy) is 2. The number of nitrogens with zero attached hydrogens (tertiary/aromatic N) is 1. The number of esters is 2. The summed E-state index contributed by atoms with van der Waals surface area (Å²) >= 11 is 0. The van der Waals surface area contributed by atoms with E-state index >= 15 is 0 Å². The summed E-state index contributed by atoms with van der Waals surface area (Å²) in [5.41, 5.74) is 2.45. The summed E-state index contributed by atoms with van der Waals surface area (Å²) in [6, 6.07) is 6.20. The number of nitro groups is 1. The SMILES string of the molecule is CCCC[P+](CCCC)(CCCC)CC1=C(C(=O)OCC)C(c2cccc([N+](=O)[O-])c2)C(C(=O)OCC)=C(C)N1.[Cl-]. The maximum Gasteiger partial charge on any atom is 0.336 e. The molecule has 1 N–H and O–H groups in total. The lowest BCUT2D eigenvalue weighted by Gasteiger charge is -2.35. The van der Waals surface area contributed by atoms with E-state index in [1.807, 2.05) is 6.92 Å². The zero-order valence-electron chi connectivity index (χ0n) is 25.6. The minimum atomic E-state index is -1.51. The Hall–Kier alpha value is -2.44. The maximum absolute atomic E-state index is 13.8. The summed E-state index contributed by atoms with van der Waals surface area (Å²) in [5.74, 6) is -1.89. The van der Waals surface area contributed by atoms with Gasteiger partial charge < -0.3 is 27.2 Å². The number of carbonyl (C=O) groups excluding carboxylic acids is 2. The van der Waals surface area contributed by atoms with Gasteiger partial charge in [0.15, 0.2) is 0 Å². The molecule has 1 atom stereocenters. The fourth-order valence-corrected chi connectivity index (χ4v) is 10.5. The fraction of sp³-hybridized carbons (Fsp3) is 0.613. The van der Waals surface area contributed by atoms with Gasteiger partial charge in [-0.2, -0.15) is 0 Å². The van der Waals surface area contributed by atoms with Crippen molar-refractivity contribution in [1.82, 2.24) is 5.32 Å². The Kier molecular flexibility index (Phi) is 16.2. The topological polar surface area (TPSA) is 108 Å². The number of hydrogen-bond donors (Lipinski definition) is 1. The van der Waals surface area contributed by atoms with Crippen molar-refractivity contribution in [2.45, 2.75) is 86.0 Å². The number of nitrogens with one attached hydrogen (secondary N) is 1. The average molecular weight is 611 g/mol. The standard InChI is InChI=1S/C31H47N2O6P.ClH/c1-7-12-18-40(19-13-8-2,20-14-9-3)22-26-29(31(35)39-11-5)28(24-16-15-17-25(21-24)33(36)37)27(23(6)32-26)30(34)38-10-4;/h15-17,21,28H,7-14,18-20,22H2,1-6H3;1H. The molecule has 1 aromatic rings. The van der Waals surface area contributed by atoms with E-state index in [4.69, 9.17) is 9.47 Å². The normalized spacial score (nSPS) is 15.2. The van der Waals surface area contributed by atoms with Crippen LogP contribution in [0.3, 0.4) is 0 Å². The van der Waals surface area contributed by atoms with Crippen molar-refractivity contribution < 1.29 is 36.4 Å². The first-order valence-corrected chi connectivity index (χ1v) is 17.4. The third-order valence-electron chi connectivity index (χ3n) is 7.50. The quantitative estimate of drug-likeness (QED) is 0.121. The third kappa shape index (κ3) is 9.82. The number of non-ortho nitro benzene ring substituents is 1. The number of unbranched alkanes of at least 4 members (excludes halogenated alkanes) is 3. The highest BCUT2D eigenvalue weighted by atomic mass is 35.5. The van der Waals surface area contributed by atoms with Gasteiger partial charge in [-0.05, 0) is 45.6 Å². The highest BCUT2D eigenvalue weighted by Gasteiger charge is 2.44. The van der Waals surface area contributed by atoms with Crippen LogP contribution in [0.5, 0.6) is 0 Å². The van der Waals surface area contributed by atoms with Crippen molar-refractivity contribution in [3.8, 4) is 0 Å². The largest absolute Gasteiger partial charge is 1.00 e. The lowest BCUT2D eigenvalue weighted by molar-refractivity contribution is -0.384. The van der Waals surface area contributed by atoms with Crippen molar-refractivity contribution in [2.24, 2.45) is 0 Å². The van der Waals surface area contributed by atoms with Crippen molar-refractivity contribution >= 4 is 24.9 Å². The second-order valence-corrected chi connectivity index (χ2v) is 14.9. The molecule has 10 heteroatoms. The molecule has 0 amide bonds.